The summed E-state index contributed by atoms with van der Waals surface area (Å²) in [6, 6.07) is 3.16. The van der Waals surface area contributed by atoms with Crippen molar-refractivity contribution in [3.05, 3.63) is 23.9 Å². The number of hydrogen-bond donors (Lipinski definition) is 2. The van der Waals surface area contributed by atoms with E-state index >= 15 is 0 Å². The maximum absolute atomic E-state index is 13.0. The number of anilines is 1. The molecule has 2 heterocycles. The molecule has 0 radical (unpaired) electrons. The van der Waals surface area contributed by atoms with E-state index in [1.807, 2.05) is 26.0 Å². The number of likely N-dealkylation sites (tertiary alicyclic amines) is 1. The summed E-state index contributed by atoms with van der Waals surface area (Å²) in [6.07, 6.45) is 6.39. The molecule has 2 rings (SSSR count). The summed E-state index contributed by atoms with van der Waals surface area (Å²) in [7, 11) is 0. The number of carbonyl (C=O) groups is 3. The molecule has 2 N–H and O–H groups in total. The van der Waals surface area contributed by atoms with Gasteiger partial charge < -0.3 is 10.2 Å². The Balaban J connectivity index is 2.08. The SMILES string of the molecule is CCCCC(CN(O)C=O)C(=O)N1CCCC1C(=O)Nc1cc(CC)ccn1. The Kier molecular flexibility index (Phi) is 8.38. The molecule has 0 aromatic carbocycles. The minimum absolute atomic E-state index is 0.0622. The van der Waals surface area contributed by atoms with Crippen LogP contribution in [0.3, 0.4) is 0 Å². The van der Waals surface area contributed by atoms with Crippen molar-refractivity contribution in [3.63, 3.8) is 0 Å². The molecule has 8 heteroatoms. The molecule has 3 amide bonds. The number of pyridine rings is 1. The van der Waals surface area contributed by atoms with Gasteiger partial charge in [-0.25, -0.2) is 10.0 Å². The number of hydrogen-bond acceptors (Lipinski definition) is 5. The number of aromatic nitrogens is 1. The Labute approximate surface area is 165 Å². The van der Waals surface area contributed by atoms with Crippen molar-refractivity contribution < 1.29 is 19.6 Å². The van der Waals surface area contributed by atoms with Gasteiger partial charge >= 0.3 is 0 Å². The van der Waals surface area contributed by atoms with Crippen LogP contribution in [0.4, 0.5) is 5.82 Å². The van der Waals surface area contributed by atoms with Gasteiger partial charge in [0.05, 0.1) is 12.5 Å². The third kappa shape index (κ3) is 5.76. The van der Waals surface area contributed by atoms with Gasteiger partial charge in [0.25, 0.3) is 0 Å². The molecule has 8 nitrogen and oxygen atoms in total. The number of carbonyl (C=O) groups excluding carboxylic acids is 3. The molecule has 1 aliphatic heterocycles. The molecule has 1 aromatic heterocycles. The average Bonchev–Trinajstić information content (AvgIpc) is 3.20. The lowest BCUT2D eigenvalue weighted by Crippen LogP contribution is -2.47. The molecule has 154 valence electrons. The van der Waals surface area contributed by atoms with Crippen molar-refractivity contribution in [2.45, 2.75) is 58.4 Å². The van der Waals surface area contributed by atoms with Gasteiger partial charge in [-0.3, -0.25) is 19.6 Å². The Hall–Kier alpha value is -2.48. The molecule has 1 aromatic rings. The smallest absolute Gasteiger partial charge is 0.248 e. The number of aryl methyl sites for hydroxylation is 1. The number of rotatable bonds is 10. The zero-order valence-electron chi connectivity index (χ0n) is 16.6. The molecule has 28 heavy (non-hydrogen) atoms. The van der Waals surface area contributed by atoms with Crippen LogP contribution in [0.15, 0.2) is 18.3 Å². The fourth-order valence-electron chi connectivity index (χ4n) is 3.52. The molecule has 1 fully saturated rings. The monoisotopic (exact) mass is 390 g/mol. The summed E-state index contributed by atoms with van der Waals surface area (Å²) in [5, 5.41) is 12.9. The van der Waals surface area contributed by atoms with E-state index in [9.17, 15) is 19.6 Å². The lowest BCUT2D eigenvalue weighted by atomic mass is 9.99. The molecule has 0 saturated carbocycles. The van der Waals surface area contributed by atoms with Gasteiger partial charge in [-0.15, -0.1) is 0 Å². The van der Waals surface area contributed by atoms with E-state index in [0.29, 0.717) is 36.7 Å². The largest absolute Gasteiger partial charge is 0.330 e. The number of nitrogens with zero attached hydrogens (tertiary/aromatic N) is 3. The minimum Gasteiger partial charge on any atom is -0.330 e. The van der Waals surface area contributed by atoms with Crippen LogP contribution >= 0.6 is 0 Å². The van der Waals surface area contributed by atoms with Crippen molar-refractivity contribution in [3.8, 4) is 0 Å². The second kappa shape index (κ2) is 10.8. The molecule has 1 saturated heterocycles. The molecule has 1 aliphatic rings. The van der Waals surface area contributed by atoms with E-state index in [-0.39, 0.29) is 18.4 Å². The van der Waals surface area contributed by atoms with Crippen LogP contribution < -0.4 is 5.32 Å². The van der Waals surface area contributed by atoms with Crippen molar-refractivity contribution >= 4 is 24.0 Å². The molecular weight excluding hydrogens is 360 g/mol. The Morgan fingerprint density at radius 3 is 2.93 bits per heavy atom. The van der Waals surface area contributed by atoms with E-state index in [1.165, 1.54) is 0 Å². The lowest BCUT2D eigenvalue weighted by Gasteiger charge is -2.29. The molecule has 0 spiro atoms. The van der Waals surface area contributed by atoms with Gasteiger partial charge in [0.2, 0.25) is 18.2 Å². The summed E-state index contributed by atoms with van der Waals surface area (Å²) in [5.41, 5.74) is 1.07. The van der Waals surface area contributed by atoms with Gasteiger partial charge in [0.1, 0.15) is 11.9 Å². The van der Waals surface area contributed by atoms with Crippen LogP contribution in [-0.2, 0) is 20.8 Å². The average molecular weight is 390 g/mol. The highest BCUT2D eigenvalue weighted by atomic mass is 16.5. The predicted octanol–water partition coefficient (Wildman–Crippen LogP) is 2.23. The maximum atomic E-state index is 13.0. The van der Waals surface area contributed by atoms with Crippen molar-refractivity contribution in [1.82, 2.24) is 14.9 Å². The van der Waals surface area contributed by atoms with Crippen LogP contribution in [0.5, 0.6) is 0 Å². The lowest BCUT2D eigenvalue weighted by molar-refractivity contribution is -0.157. The Morgan fingerprint density at radius 2 is 2.25 bits per heavy atom. The van der Waals surface area contributed by atoms with Crippen molar-refractivity contribution in [2.75, 3.05) is 18.4 Å². The first-order chi connectivity index (χ1) is 13.5. The molecule has 0 bridgehead atoms. The summed E-state index contributed by atoms with van der Waals surface area (Å²) in [6.45, 7) is 4.47. The number of hydroxylamine groups is 2. The number of amides is 3. The Morgan fingerprint density at radius 1 is 1.46 bits per heavy atom. The first kappa shape index (κ1) is 21.8. The number of nitrogens with one attached hydrogen (secondary N) is 1. The predicted molar refractivity (Wildman–Crippen MR) is 105 cm³/mol. The molecular formula is C20H30N4O4. The van der Waals surface area contributed by atoms with E-state index in [2.05, 4.69) is 10.3 Å². The van der Waals surface area contributed by atoms with Crippen LogP contribution in [0.2, 0.25) is 0 Å². The van der Waals surface area contributed by atoms with E-state index < -0.39 is 12.0 Å². The van der Waals surface area contributed by atoms with Crippen LogP contribution in [0.1, 0.15) is 51.5 Å². The van der Waals surface area contributed by atoms with Gasteiger partial charge in [0, 0.05) is 12.7 Å². The van der Waals surface area contributed by atoms with Crippen LogP contribution in [0, 0.1) is 5.92 Å². The van der Waals surface area contributed by atoms with E-state index in [0.717, 1.165) is 31.2 Å². The normalized spacial score (nSPS) is 17.2. The van der Waals surface area contributed by atoms with Crippen LogP contribution in [0.25, 0.3) is 0 Å². The van der Waals surface area contributed by atoms with Crippen LogP contribution in [-0.4, -0.2) is 57.5 Å². The zero-order valence-corrected chi connectivity index (χ0v) is 16.6. The highest BCUT2D eigenvalue weighted by Gasteiger charge is 2.37. The third-order valence-electron chi connectivity index (χ3n) is 5.11. The summed E-state index contributed by atoms with van der Waals surface area (Å²) in [4.78, 5) is 42.4. The fourth-order valence-corrected chi connectivity index (χ4v) is 3.52. The fraction of sp³-hybridized carbons (Fsp3) is 0.600. The molecule has 0 aliphatic carbocycles. The van der Waals surface area contributed by atoms with Crippen molar-refractivity contribution in [2.24, 2.45) is 5.92 Å². The van der Waals surface area contributed by atoms with Gasteiger partial charge in [-0.05, 0) is 43.4 Å². The minimum atomic E-state index is -0.563. The summed E-state index contributed by atoms with van der Waals surface area (Å²) >= 11 is 0. The van der Waals surface area contributed by atoms with Gasteiger partial charge in [-0.1, -0.05) is 26.7 Å². The third-order valence-corrected chi connectivity index (χ3v) is 5.11. The second-order valence-electron chi connectivity index (χ2n) is 7.15. The van der Waals surface area contributed by atoms with E-state index in [1.54, 1.807) is 11.1 Å². The molecule has 2 atom stereocenters. The van der Waals surface area contributed by atoms with E-state index in [4.69, 9.17) is 0 Å². The van der Waals surface area contributed by atoms with Gasteiger partial charge in [-0.2, -0.15) is 0 Å². The summed E-state index contributed by atoms with van der Waals surface area (Å²) in [5.74, 6) is -0.488. The second-order valence-corrected chi connectivity index (χ2v) is 7.15. The zero-order chi connectivity index (χ0) is 20.5. The Bertz CT molecular complexity index is 682. The quantitative estimate of drug-likeness (QED) is 0.362. The first-order valence-corrected chi connectivity index (χ1v) is 9.97. The highest BCUT2D eigenvalue weighted by molar-refractivity contribution is 5.97. The maximum Gasteiger partial charge on any atom is 0.248 e. The highest BCUT2D eigenvalue weighted by Crippen LogP contribution is 2.24. The summed E-state index contributed by atoms with van der Waals surface area (Å²) < 4.78 is 0. The number of unbranched alkanes of at least 4 members (excludes halogenated alkanes) is 1. The molecule has 2 unspecified atom stereocenters. The standard InChI is InChI=1S/C20H30N4O4/c1-3-5-7-16(13-23(28)14-25)20(27)24-11-6-8-17(24)19(26)22-18-12-15(4-2)9-10-21-18/h9-10,12,14,16-17,28H,3-8,11,13H2,1-2H3,(H,21,22,26). The van der Waals surface area contributed by atoms with Crippen molar-refractivity contribution in [1.29, 1.82) is 0 Å². The topological polar surface area (TPSA) is 103 Å². The first-order valence-electron chi connectivity index (χ1n) is 9.97. The van der Waals surface area contributed by atoms with Gasteiger partial charge in [0.15, 0.2) is 0 Å².